The predicted octanol–water partition coefficient (Wildman–Crippen LogP) is 3.49. The summed E-state index contributed by atoms with van der Waals surface area (Å²) in [5, 5.41) is 0. The number of amides is 1. The molecule has 1 aliphatic rings. The van der Waals surface area contributed by atoms with Crippen molar-refractivity contribution in [3.05, 3.63) is 65.6 Å². The Morgan fingerprint density at radius 3 is 2.76 bits per heavy atom. The molecule has 1 aromatic carbocycles. The number of fused-ring (bicyclic) bond motifs is 1. The minimum absolute atomic E-state index is 0. The number of aromatic nitrogens is 2. The summed E-state index contributed by atoms with van der Waals surface area (Å²) < 4.78 is 7.97. The van der Waals surface area contributed by atoms with Gasteiger partial charge in [0.25, 0.3) is 5.91 Å². The summed E-state index contributed by atoms with van der Waals surface area (Å²) in [6.45, 7) is 4.44. The first kappa shape index (κ1) is 23.0. The molecule has 0 spiro atoms. The number of halogens is 2. The second kappa shape index (κ2) is 9.96. The zero-order valence-corrected chi connectivity index (χ0v) is 17.9. The maximum atomic E-state index is 12.9. The van der Waals surface area contributed by atoms with Crippen LogP contribution >= 0.6 is 24.8 Å². The van der Waals surface area contributed by atoms with Gasteiger partial charge in [0.15, 0.2) is 0 Å². The van der Waals surface area contributed by atoms with Crippen molar-refractivity contribution in [3.8, 4) is 5.75 Å². The molecule has 6 nitrogen and oxygen atoms in total. The molecule has 0 radical (unpaired) electrons. The first-order valence-corrected chi connectivity index (χ1v) is 9.30. The van der Waals surface area contributed by atoms with Gasteiger partial charge in [-0.15, -0.1) is 24.8 Å². The maximum absolute atomic E-state index is 12.9. The standard InChI is InChI=1S/C21H24N4O2.2ClH/c1-15-5-4-9-24-13-17(23-20(15)24)14-27-19-7-3-2-6-18(19)21(26)25-10-8-16(11-22)12-25;;/h2-7,9,13,16H,8,10-12,14,22H2,1H3;2*1H. The average Bonchev–Trinajstić information content (AvgIpc) is 3.33. The summed E-state index contributed by atoms with van der Waals surface area (Å²) in [6.07, 6.45) is 4.89. The Bertz CT molecular complexity index is 976. The van der Waals surface area contributed by atoms with E-state index in [1.165, 1.54) is 0 Å². The van der Waals surface area contributed by atoms with Crippen molar-refractivity contribution in [2.45, 2.75) is 20.0 Å². The zero-order valence-electron chi connectivity index (χ0n) is 16.3. The smallest absolute Gasteiger partial charge is 0.257 e. The van der Waals surface area contributed by atoms with Crippen molar-refractivity contribution < 1.29 is 9.53 Å². The van der Waals surface area contributed by atoms with Gasteiger partial charge in [0.05, 0.1) is 11.3 Å². The number of nitrogens with two attached hydrogens (primary N) is 1. The molecule has 29 heavy (non-hydrogen) atoms. The van der Waals surface area contributed by atoms with Crippen LogP contribution in [-0.4, -0.2) is 39.8 Å². The summed E-state index contributed by atoms with van der Waals surface area (Å²) in [6, 6.07) is 11.4. The number of aryl methyl sites for hydroxylation is 1. The summed E-state index contributed by atoms with van der Waals surface area (Å²) in [5.41, 5.74) is 9.21. The molecule has 3 aromatic rings. The van der Waals surface area contributed by atoms with Gasteiger partial charge in [0, 0.05) is 25.5 Å². The van der Waals surface area contributed by atoms with Crippen molar-refractivity contribution in [2.75, 3.05) is 19.6 Å². The maximum Gasteiger partial charge on any atom is 0.257 e. The fourth-order valence-corrected chi connectivity index (χ4v) is 3.57. The number of likely N-dealkylation sites (tertiary alicyclic amines) is 1. The van der Waals surface area contributed by atoms with Crippen molar-refractivity contribution in [2.24, 2.45) is 11.7 Å². The molecule has 0 bridgehead atoms. The monoisotopic (exact) mass is 436 g/mol. The lowest BCUT2D eigenvalue weighted by molar-refractivity contribution is 0.0782. The first-order chi connectivity index (χ1) is 13.2. The van der Waals surface area contributed by atoms with Crippen LogP contribution in [0.1, 0.15) is 28.0 Å². The molecule has 0 saturated carbocycles. The molecular formula is C21H26Cl2N4O2. The van der Waals surface area contributed by atoms with Crippen LogP contribution in [0.4, 0.5) is 0 Å². The van der Waals surface area contributed by atoms with Crippen molar-refractivity contribution in [1.82, 2.24) is 14.3 Å². The normalized spacial score (nSPS) is 15.7. The van der Waals surface area contributed by atoms with E-state index >= 15 is 0 Å². The molecule has 1 fully saturated rings. The Morgan fingerprint density at radius 1 is 1.24 bits per heavy atom. The van der Waals surface area contributed by atoms with Crippen LogP contribution in [0.15, 0.2) is 48.8 Å². The van der Waals surface area contributed by atoms with E-state index in [9.17, 15) is 4.79 Å². The number of rotatable bonds is 5. The highest BCUT2D eigenvalue weighted by molar-refractivity contribution is 5.97. The van der Waals surface area contributed by atoms with Crippen LogP contribution in [-0.2, 0) is 6.61 Å². The molecule has 1 aliphatic heterocycles. The van der Waals surface area contributed by atoms with E-state index in [-0.39, 0.29) is 30.7 Å². The van der Waals surface area contributed by atoms with Crippen molar-refractivity contribution >= 4 is 36.4 Å². The van der Waals surface area contributed by atoms with E-state index in [1.807, 2.05) is 65.0 Å². The van der Waals surface area contributed by atoms with Gasteiger partial charge in [0.2, 0.25) is 0 Å². The number of hydrogen-bond donors (Lipinski definition) is 1. The van der Waals surface area contributed by atoms with Crippen LogP contribution in [0.25, 0.3) is 5.65 Å². The van der Waals surface area contributed by atoms with Crippen LogP contribution in [0.2, 0.25) is 0 Å². The highest BCUT2D eigenvalue weighted by Crippen LogP contribution is 2.24. The number of carbonyl (C=O) groups excluding carboxylic acids is 1. The average molecular weight is 437 g/mol. The SMILES string of the molecule is Cc1cccn2cc(COc3ccccc3C(=O)N3CCC(CN)C3)nc12.Cl.Cl. The topological polar surface area (TPSA) is 72.9 Å². The highest BCUT2D eigenvalue weighted by Gasteiger charge is 2.27. The second-order valence-electron chi connectivity index (χ2n) is 7.08. The van der Waals surface area contributed by atoms with Gasteiger partial charge in [-0.1, -0.05) is 18.2 Å². The second-order valence-corrected chi connectivity index (χ2v) is 7.08. The molecule has 156 valence electrons. The number of pyridine rings is 1. The highest BCUT2D eigenvalue weighted by atomic mass is 35.5. The molecule has 1 unspecified atom stereocenters. The van der Waals surface area contributed by atoms with Crippen LogP contribution in [0.3, 0.4) is 0 Å². The molecule has 2 N–H and O–H groups in total. The number of carbonyl (C=O) groups is 1. The number of imidazole rings is 1. The molecule has 2 aromatic heterocycles. The fraction of sp³-hybridized carbons (Fsp3) is 0.333. The third-order valence-electron chi connectivity index (χ3n) is 5.13. The van der Waals surface area contributed by atoms with Crippen LogP contribution in [0, 0.1) is 12.8 Å². The minimum atomic E-state index is 0. The number of nitrogens with zero attached hydrogens (tertiary/aromatic N) is 3. The Kier molecular flexibility index (Phi) is 7.90. The molecule has 0 aliphatic carbocycles. The predicted molar refractivity (Wildman–Crippen MR) is 118 cm³/mol. The van der Waals surface area contributed by atoms with Crippen molar-refractivity contribution in [1.29, 1.82) is 0 Å². The number of para-hydroxylation sites is 1. The Labute approximate surface area is 182 Å². The van der Waals surface area contributed by atoms with E-state index in [0.717, 1.165) is 36.4 Å². The molecule has 8 heteroatoms. The summed E-state index contributed by atoms with van der Waals surface area (Å²) in [5.74, 6) is 0.989. The van der Waals surface area contributed by atoms with E-state index in [4.69, 9.17) is 10.5 Å². The summed E-state index contributed by atoms with van der Waals surface area (Å²) >= 11 is 0. The molecule has 1 saturated heterocycles. The Hall–Kier alpha value is -2.28. The molecule has 1 atom stereocenters. The fourth-order valence-electron chi connectivity index (χ4n) is 3.57. The third kappa shape index (κ3) is 4.83. The Balaban J connectivity index is 0.00000150. The lowest BCUT2D eigenvalue weighted by Crippen LogP contribution is -2.30. The molecule has 4 rings (SSSR count). The summed E-state index contributed by atoms with van der Waals surface area (Å²) in [4.78, 5) is 19.4. The number of ether oxygens (including phenoxy) is 1. The van der Waals surface area contributed by atoms with Gasteiger partial charge in [-0.25, -0.2) is 4.98 Å². The van der Waals surface area contributed by atoms with Gasteiger partial charge in [-0.05, 0) is 49.6 Å². The van der Waals surface area contributed by atoms with Gasteiger partial charge in [0.1, 0.15) is 18.0 Å². The van der Waals surface area contributed by atoms with Crippen LogP contribution in [0.5, 0.6) is 5.75 Å². The van der Waals surface area contributed by atoms with E-state index in [0.29, 0.717) is 30.4 Å². The van der Waals surface area contributed by atoms with E-state index in [1.54, 1.807) is 0 Å². The largest absolute Gasteiger partial charge is 0.486 e. The number of hydrogen-bond acceptors (Lipinski definition) is 4. The minimum Gasteiger partial charge on any atom is -0.486 e. The lowest BCUT2D eigenvalue weighted by Gasteiger charge is -2.18. The van der Waals surface area contributed by atoms with Gasteiger partial charge >= 0.3 is 0 Å². The van der Waals surface area contributed by atoms with Gasteiger partial charge in [-0.2, -0.15) is 0 Å². The van der Waals surface area contributed by atoms with Gasteiger partial charge in [-0.3, -0.25) is 4.79 Å². The third-order valence-corrected chi connectivity index (χ3v) is 5.13. The number of benzene rings is 1. The molecular weight excluding hydrogens is 411 g/mol. The van der Waals surface area contributed by atoms with Crippen LogP contribution < -0.4 is 10.5 Å². The van der Waals surface area contributed by atoms with E-state index < -0.39 is 0 Å². The first-order valence-electron chi connectivity index (χ1n) is 9.30. The zero-order chi connectivity index (χ0) is 18.8. The van der Waals surface area contributed by atoms with Gasteiger partial charge < -0.3 is 19.8 Å². The lowest BCUT2D eigenvalue weighted by atomic mass is 10.1. The Morgan fingerprint density at radius 2 is 2.03 bits per heavy atom. The van der Waals surface area contributed by atoms with Crippen molar-refractivity contribution in [3.63, 3.8) is 0 Å². The molecule has 3 heterocycles. The summed E-state index contributed by atoms with van der Waals surface area (Å²) in [7, 11) is 0. The molecule has 1 amide bonds. The quantitative estimate of drug-likeness (QED) is 0.664. The van der Waals surface area contributed by atoms with E-state index in [2.05, 4.69) is 4.98 Å².